The Hall–Kier alpha value is -1.43. The van der Waals surface area contributed by atoms with Crippen molar-refractivity contribution < 1.29 is 4.79 Å². The summed E-state index contributed by atoms with van der Waals surface area (Å²) >= 11 is 10.9. The molecule has 2 heterocycles. The average molecular weight is 382 g/mol. The van der Waals surface area contributed by atoms with Gasteiger partial charge in [0.05, 0.1) is 21.3 Å². The summed E-state index contributed by atoms with van der Waals surface area (Å²) in [5.41, 5.74) is 2.35. The third-order valence-electron chi connectivity index (χ3n) is 3.01. The maximum absolute atomic E-state index is 11.2. The first-order valence-corrected chi connectivity index (χ1v) is 8.18. The van der Waals surface area contributed by atoms with E-state index in [1.807, 2.05) is 36.4 Å². The van der Waals surface area contributed by atoms with Crippen LogP contribution in [0.1, 0.15) is 15.9 Å². The number of benzene rings is 1. The molecule has 0 aliphatic carbocycles. The van der Waals surface area contributed by atoms with Gasteiger partial charge in [0.15, 0.2) is 6.29 Å². The molecule has 2 aromatic heterocycles. The molecule has 21 heavy (non-hydrogen) atoms. The molecule has 0 fully saturated rings. The largest absolute Gasteiger partial charge is 0.298 e. The van der Waals surface area contributed by atoms with E-state index >= 15 is 0 Å². The van der Waals surface area contributed by atoms with Gasteiger partial charge in [0.1, 0.15) is 5.69 Å². The summed E-state index contributed by atoms with van der Waals surface area (Å²) in [5, 5.41) is 4.52. The molecule has 0 unspecified atom stereocenters. The fourth-order valence-corrected chi connectivity index (χ4v) is 3.50. The Balaban J connectivity index is 1.96. The summed E-state index contributed by atoms with van der Waals surface area (Å²) in [5.74, 6) is 0. The van der Waals surface area contributed by atoms with E-state index in [2.05, 4.69) is 21.0 Å². The zero-order valence-electron chi connectivity index (χ0n) is 10.8. The lowest BCUT2D eigenvalue weighted by Crippen LogP contribution is -2.00. The highest BCUT2D eigenvalue weighted by atomic mass is 79.9. The van der Waals surface area contributed by atoms with Gasteiger partial charge >= 0.3 is 0 Å². The normalized spacial score (nSPS) is 10.8. The van der Waals surface area contributed by atoms with Gasteiger partial charge in [0.25, 0.3) is 0 Å². The lowest BCUT2D eigenvalue weighted by Gasteiger charge is -2.04. The second-order valence-corrected chi connectivity index (χ2v) is 7.01. The topological polar surface area (TPSA) is 34.9 Å². The number of nitrogens with zero attached hydrogens (tertiary/aromatic N) is 2. The van der Waals surface area contributed by atoms with Crippen LogP contribution in [0.15, 0.2) is 47.1 Å². The molecular formula is C15H10BrClN2OS. The smallest absolute Gasteiger partial charge is 0.153 e. The number of halogens is 2. The Morgan fingerprint density at radius 3 is 2.76 bits per heavy atom. The number of carbonyl (C=O) groups excluding carboxylic acids is 1. The summed E-state index contributed by atoms with van der Waals surface area (Å²) < 4.78 is 3.48. The summed E-state index contributed by atoms with van der Waals surface area (Å²) in [6.45, 7) is 0.599. The van der Waals surface area contributed by atoms with E-state index in [4.69, 9.17) is 11.6 Å². The molecule has 6 heteroatoms. The van der Waals surface area contributed by atoms with E-state index in [9.17, 15) is 4.79 Å². The van der Waals surface area contributed by atoms with Crippen molar-refractivity contribution in [2.45, 2.75) is 6.54 Å². The summed E-state index contributed by atoms with van der Waals surface area (Å²) in [7, 11) is 0. The second kappa shape index (κ2) is 6.13. The minimum Gasteiger partial charge on any atom is -0.298 e. The van der Waals surface area contributed by atoms with Crippen LogP contribution in [0.25, 0.3) is 10.6 Å². The van der Waals surface area contributed by atoms with Crippen LogP contribution < -0.4 is 0 Å². The minimum absolute atomic E-state index is 0.570. The number of hydrogen-bond donors (Lipinski definition) is 0. The lowest BCUT2D eigenvalue weighted by molar-refractivity contribution is 0.112. The van der Waals surface area contributed by atoms with Crippen LogP contribution in [0.3, 0.4) is 0 Å². The van der Waals surface area contributed by atoms with Crippen LogP contribution in [0.5, 0.6) is 0 Å². The van der Waals surface area contributed by atoms with Gasteiger partial charge in [0, 0.05) is 10.7 Å². The zero-order chi connectivity index (χ0) is 14.8. The first-order valence-electron chi connectivity index (χ1n) is 6.19. The van der Waals surface area contributed by atoms with Gasteiger partial charge in [-0.1, -0.05) is 45.7 Å². The first kappa shape index (κ1) is 14.5. The molecule has 0 aliphatic rings. The highest BCUT2D eigenvalue weighted by Gasteiger charge is 2.13. The number of thiophene rings is 1. The second-order valence-electron chi connectivity index (χ2n) is 4.44. The number of aldehydes is 1. The molecule has 106 valence electrons. The SMILES string of the molecule is O=Cc1cn(Cc2ccccc2Br)nc1-c1ccc(Cl)s1. The Morgan fingerprint density at radius 2 is 2.10 bits per heavy atom. The summed E-state index contributed by atoms with van der Waals surface area (Å²) in [6, 6.07) is 11.6. The first-order chi connectivity index (χ1) is 10.2. The molecule has 0 atom stereocenters. The van der Waals surface area contributed by atoms with E-state index in [1.54, 1.807) is 10.9 Å². The van der Waals surface area contributed by atoms with E-state index in [-0.39, 0.29) is 0 Å². The Morgan fingerprint density at radius 1 is 1.29 bits per heavy atom. The quantitative estimate of drug-likeness (QED) is 0.603. The molecular weight excluding hydrogens is 372 g/mol. The molecule has 1 aromatic carbocycles. The number of rotatable bonds is 4. The van der Waals surface area contributed by atoms with Gasteiger partial charge in [-0.05, 0) is 23.8 Å². The van der Waals surface area contributed by atoms with Crippen LogP contribution in [-0.2, 0) is 6.54 Å². The molecule has 0 saturated heterocycles. The molecule has 0 saturated carbocycles. The fraction of sp³-hybridized carbons (Fsp3) is 0.0667. The molecule has 3 rings (SSSR count). The predicted octanol–water partition coefficient (Wildman–Crippen LogP) is 4.89. The van der Waals surface area contributed by atoms with Crippen molar-refractivity contribution in [2.75, 3.05) is 0 Å². The molecule has 0 radical (unpaired) electrons. The maximum Gasteiger partial charge on any atom is 0.153 e. The van der Waals surface area contributed by atoms with E-state index in [0.29, 0.717) is 22.1 Å². The van der Waals surface area contributed by atoms with Gasteiger partial charge in [-0.15, -0.1) is 11.3 Å². The van der Waals surface area contributed by atoms with Crippen LogP contribution in [-0.4, -0.2) is 16.1 Å². The maximum atomic E-state index is 11.2. The van der Waals surface area contributed by atoms with Gasteiger partial charge in [-0.3, -0.25) is 9.48 Å². The highest BCUT2D eigenvalue weighted by molar-refractivity contribution is 9.10. The van der Waals surface area contributed by atoms with E-state index in [1.165, 1.54) is 11.3 Å². The highest BCUT2D eigenvalue weighted by Crippen LogP contribution is 2.31. The average Bonchev–Trinajstić information content (AvgIpc) is 3.07. The van der Waals surface area contributed by atoms with Crippen molar-refractivity contribution in [3.05, 3.63) is 62.5 Å². The van der Waals surface area contributed by atoms with Crippen molar-refractivity contribution in [2.24, 2.45) is 0 Å². The van der Waals surface area contributed by atoms with E-state index in [0.717, 1.165) is 21.2 Å². The number of aromatic nitrogens is 2. The van der Waals surface area contributed by atoms with Gasteiger partial charge < -0.3 is 0 Å². The third-order valence-corrected chi connectivity index (χ3v) is 5.03. The predicted molar refractivity (Wildman–Crippen MR) is 89.2 cm³/mol. The van der Waals surface area contributed by atoms with Crippen LogP contribution >= 0.6 is 38.9 Å². The molecule has 0 amide bonds. The van der Waals surface area contributed by atoms with Crippen molar-refractivity contribution >= 4 is 45.2 Å². The monoisotopic (exact) mass is 380 g/mol. The molecule has 0 aliphatic heterocycles. The van der Waals surface area contributed by atoms with Crippen LogP contribution in [0.4, 0.5) is 0 Å². The van der Waals surface area contributed by atoms with Crippen molar-refractivity contribution in [1.82, 2.24) is 9.78 Å². The molecule has 0 N–H and O–H groups in total. The standard InChI is InChI=1S/C15H10BrClN2OS/c16-12-4-2-1-3-10(12)7-19-8-11(9-20)15(18-19)13-5-6-14(17)21-13/h1-6,8-9H,7H2. The van der Waals surface area contributed by atoms with Crippen LogP contribution in [0.2, 0.25) is 4.34 Å². The summed E-state index contributed by atoms with van der Waals surface area (Å²) in [6.07, 6.45) is 2.59. The zero-order valence-corrected chi connectivity index (χ0v) is 14.0. The Bertz CT molecular complexity index is 797. The Labute approximate surface area is 139 Å². The summed E-state index contributed by atoms with van der Waals surface area (Å²) in [4.78, 5) is 12.1. The number of hydrogen-bond acceptors (Lipinski definition) is 3. The van der Waals surface area contributed by atoms with Gasteiger partial charge in [0.2, 0.25) is 0 Å². The van der Waals surface area contributed by atoms with E-state index < -0.39 is 0 Å². The van der Waals surface area contributed by atoms with Crippen molar-refractivity contribution in [3.63, 3.8) is 0 Å². The van der Waals surface area contributed by atoms with Crippen molar-refractivity contribution in [3.8, 4) is 10.6 Å². The molecule has 3 aromatic rings. The van der Waals surface area contributed by atoms with Gasteiger partial charge in [-0.25, -0.2) is 0 Å². The lowest BCUT2D eigenvalue weighted by atomic mass is 10.2. The number of carbonyl (C=O) groups is 1. The van der Waals surface area contributed by atoms with Gasteiger partial charge in [-0.2, -0.15) is 5.10 Å². The van der Waals surface area contributed by atoms with Crippen molar-refractivity contribution in [1.29, 1.82) is 0 Å². The molecule has 0 bridgehead atoms. The Kier molecular flexibility index (Phi) is 4.24. The van der Waals surface area contributed by atoms with Crippen LogP contribution in [0, 0.1) is 0 Å². The fourth-order valence-electron chi connectivity index (χ4n) is 2.04. The molecule has 0 spiro atoms. The minimum atomic E-state index is 0.570. The third kappa shape index (κ3) is 3.10. The molecule has 3 nitrogen and oxygen atoms in total.